The Morgan fingerprint density at radius 2 is 2.06 bits per heavy atom. The number of nitrogens with one attached hydrogen (secondary N) is 2. The molecule has 0 aliphatic heterocycles. The van der Waals surface area contributed by atoms with E-state index in [1.54, 1.807) is 6.07 Å². The molecule has 1 aromatic heterocycles. The van der Waals surface area contributed by atoms with Crippen molar-refractivity contribution >= 4 is 11.6 Å². The van der Waals surface area contributed by atoms with Crippen molar-refractivity contribution in [2.45, 2.75) is 26.7 Å². The standard InChI is InChI=1S/C14H17N3O/c1-3-4-12-9-13(17-16-12)14(18)15-11-7-5-10(2)6-8-11/h5-9H,3-4H2,1-2H3,(H,15,18)(H,16,17). The van der Waals surface area contributed by atoms with Crippen molar-refractivity contribution in [1.29, 1.82) is 0 Å². The monoisotopic (exact) mass is 243 g/mol. The molecule has 0 aliphatic carbocycles. The van der Waals surface area contributed by atoms with E-state index in [2.05, 4.69) is 22.4 Å². The third-order valence-corrected chi connectivity index (χ3v) is 2.69. The predicted molar refractivity (Wildman–Crippen MR) is 71.7 cm³/mol. The first kappa shape index (κ1) is 12.4. The van der Waals surface area contributed by atoms with E-state index in [4.69, 9.17) is 0 Å². The maximum Gasteiger partial charge on any atom is 0.276 e. The van der Waals surface area contributed by atoms with Crippen LogP contribution >= 0.6 is 0 Å². The van der Waals surface area contributed by atoms with Crippen molar-refractivity contribution in [3.63, 3.8) is 0 Å². The van der Waals surface area contributed by atoms with Crippen molar-refractivity contribution in [3.05, 3.63) is 47.3 Å². The molecule has 0 fully saturated rings. The zero-order chi connectivity index (χ0) is 13.0. The molecular formula is C14H17N3O. The summed E-state index contributed by atoms with van der Waals surface area (Å²) < 4.78 is 0. The summed E-state index contributed by atoms with van der Waals surface area (Å²) in [4.78, 5) is 11.9. The first-order valence-corrected chi connectivity index (χ1v) is 6.11. The first-order chi connectivity index (χ1) is 8.69. The Kier molecular flexibility index (Phi) is 3.77. The van der Waals surface area contributed by atoms with Gasteiger partial charge in [-0.3, -0.25) is 9.89 Å². The largest absolute Gasteiger partial charge is 0.321 e. The van der Waals surface area contributed by atoms with E-state index in [9.17, 15) is 4.79 Å². The van der Waals surface area contributed by atoms with E-state index >= 15 is 0 Å². The lowest BCUT2D eigenvalue weighted by molar-refractivity contribution is 0.102. The summed E-state index contributed by atoms with van der Waals surface area (Å²) in [6.45, 7) is 4.10. The van der Waals surface area contributed by atoms with Crippen LogP contribution in [0.2, 0.25) is 0 Å². The number of hydrogen-bond donors (Lipinski definition) is 2. The number of H-pyrrole nitrogens is 1. The van der Waals surface area contributed by atoms with Gasteiger partial charge in [-0.25, -0.2) is 0 Å². The molecule has 2 rings (SSSR count). The van der Waals surface area contributed by atoms with E-state index in [0.717, 1.165) is 29.8 Å². The Morgan fingerprint density at radius 3 is 2.72 bits per heavy atom. The summed E-state index contributed by atoms with van der Waals surface area (Å²) in [6.07, 6.45) is 1.94. The number of carbonyl (C=O) groups is 1. The van der Waals surface area contributed by atoms with Crippen molar-refractivity contribution < 1.29 is 4.79 Å². The van der Waals surface area contributed by atoms with Crippen LogP contribution in [0, 0.1) is 6.92 Å². The van der Waals surface area contributed by atoms with E-state index in [1.165, 1.54) is 0 Å². The van der Waals surface area contributed by atoms with Crippen molar-refractivity contribution in [2.75, 3.05) is 5.32 Å². The zero-order valence-corrected chi connectivity index (χ0v) is 10.7. The van der Waals surface area contributed by atoms with Crippen LogP contribution in [-0.4, -0.2) is 16.1 Å². The van der Waals surface area contributed by atoms with Gasteiger partial charge < -0.3 is 5.32 Å². The van der Waals surface area contributed by atoms with Gasteiger partial charge in [0.2, 0.25) is 0 Å². The minimum atomic E-state index is -0.183. The molecular weight excluding hydrogens is 226 g/mol. The topological polar surface area (TPSA) is 57.8 Å². The Bertz CT molecular complexity index is 528. The lowest BCUT2D eigenvalue weighted by Crippen LogP contribution is -2.12. The number of carbonyl (C=O) groups excluding carboxylic acids is 1. The smallest absolute Gasteiger partial charge is 0.276 e. The highest BCUT2D eigenvalue weighted by atomic mass is 16.1. The molecule has 0 unspecified atom stereocenters. The van der Waals surface area contributed by atoms with Gasteiger partial charge in [0.1, 0.15) is 0 Å². The minimum absolute atomic E-state index is 0.183. The van der Waals surface area contributed by atoms with Crippen molar-refractivity contribution in [2.24, 2.45) is 0 Å². The second kappa shape index (κ2) is 5.49. The van der Waals surface area contributed by atoms with Gasteiger partial charge in [0, 0.05) is 11.4 Å². The summed E-state index contributed by atoms with van der Waals surface area (Å²) in [7, 11) is 0. The second-order valence-electron chi connectivity index (χ2n) is 4.35. The number of anilines is 1. The van der Waals surface area contributed by atoms with Crippen LogP contribution < -0.4 is 5.32 Å². The molecule has 1 heterocycles. The molecule has 0 atom stereocenters. The molecule has 94 valence electrons. The third kappa shape index (κ3) is 2.97. The third-order valence-electron chi connectivity index (χ3n) is 2.69. The molecule has 0 radical (unpaired) electrons. The number of aromatic amines is 1. The second-order valence-corrected chi connectivity index (χ2v) is 4.35. The molecule has 0 bridgehead atoms. The van der Waals surface area contributed by atoms with Crippen LogP contribution in [0.4, 0.5) is 5.69 Å². The number of aryl methyl sites for hydroxylation is 2. The Hall–Kier alpha value is -2.10. The fraction of sp³-hybridized carbons (Fsp3) is 0.286. The maximum atomic E-state index is 11.9. The summed E-state index contributed by atoms with van der Waals surface area (Å²) in [5.74, 6) is -0.183. The normalized spacial score (nSPS) is 10.3. The maximum absolute atomic E-state index is 11.9. The summed E-state index contributed by atoms with van der Waals surface area (Å²) >= 11 is 0. The number of hydrogen-bond acceptors (Lipinski definition) is 2. The zero-order valence-electron chi connectivity index (χ0n) is 10.7. The van der Waals surface area contributed by atoms with Gasteiger partial charge in [-0.2, -0.15) is 5.10 Å². The van der Waals surface area contributed by atoms with E-state index in [0.29, 0.717) is 5.69 Å². The van der Waals surface area contributed by atoms with E-state index in [1.807, 2.05) is 31.2 Å². The summed E-state index contributed by atoms with van der Waals surface area (Å²) in [6, 6.07) is 9.48. The quantitative estimate of drug-likeness (QED) is 0.867. The van der Waals surface area contributed by atoms with Gasteiger partial charge in [0.15, 0.2) is 5.69 Å². The number of amides is 1. The highest BCUT2D eigenvalue weighted by Crippen LogP contribution is 2.10. The Morgan fingerprint density at radius 1 is 1.33 bits per heavy atom. The van der Waals surface area contributed by atoms with Gasteiger partial charge in [0.25, 0.3) is 5.91 Å². The first-order valence-electron chi connectivity index (χ1n) is 6.11. The highest BCUT2D eigenvalue weighted by molar-refractivity contribution is 6.02. The van der Waals surface area contributed by atoms with Gasteiger partial charge in [-0.05, 0) is 31.5 Å². The van der Waals surface area contributed by atoms with Crippen LogP contribution in [0.25, 0.3) is 0 Å². The van der Waals surface area contributed by atoms with Crippen LogP contribution in [-0.2, 0) is 6.42 Å². The van der Waals surface area contributed by atoms with Gasteiger partial charge in [0.05, 0.1) is 0 Å². The Balaban J connectivity index is 2.04. The molecule has 18 heavy (non-hydrogen) atoms. The van der Waals surface area contributed by atoms with Crippen LogP contribution in [0.1, 0.15) is 35.1 Å². The fourth-order valence-electron chi connectivity index (χ4n) is 1.71. The van der Waals surface area contributed by atoms with Crippen molar-refractivity contribution in [3.8, 4) is 0 Å². The highest BCUT2D eigenvalue weighted by Gasteiger charge is 2.10. The molecule has 0 aliphatic rings. The molecule has 1 aromatic carbocycles. The molecule has 0 saturated heterocycles. The van der Waals surface area contributed by atoms with Crippen LogP contribution in [0.15, 0.2) is 30.3 Å². The Labute approximate surface area is 106 Å². The lowest BCUT2D eigenvalue weighted by Gasteiger charge is -2.02. The molecule has 0 spiro atoms. The average molecular weight is 243 g/mol. The average Bonchev–Trinajstić information content (AvgIpc) is 2.81. The molecule has 4 heteroatoms. The van der Waals surface area contributed by atoms with Gasteiger partial charge in [-0.1, -0.05) is 31.0 Å². The van der Waals surface area contributed by atoms with Crippen LogP contribution in [0.5, 0.6) is 0 Å². The number of aromatic nitrogens is 2. The minimum Gasteiger partial charge on any atom is -0.321 e. The molecule has 0 saturated carbocycles. The lowest BCUT2D eigenvalue weighted by atomic mass is 10.2. The fourth-order valence-corrected chi connectivity index (χ4v) is 1.71. The summed E-state index contributed by atoms with van der Waals surface area (Å²) in [5, 5.41) is 9.70. The van der Waals surface area contributed by atoms with E-state index < -0.39 is 0 Å². The predicted octanol–water partition coefficient (Wildman–Crippen LogP) is 2.92. The van der Waals surface area contributed by atoms with Gasteiger partial charge >= 0.3 is 0 Å². The van der Waals surface area contributed by atoms with Crippen LogP contribution in [0.3, 0.4) is 0 Å². The number of benzene rings is 1. The summed E-state index contributed by atoms with van der Waals surface area (Å²) in [5.41, 5.74) is 3.37. The van der Waals surface area contributed by atoms with Gasteiger partial charge in [-0.15, -0.1) is 0 Å². The number of nitrogens with zero attached hydrogens (tertiary/aromatic N) is 1. The van der Waals surface area contributed by atoms with Crippen molar-refractivity contribution in [1.82, 2.24) is 10.2 Å². The molecule has 1 amide bonds. The number of rotatable bonds is 4. The molecule has 4 nitrogen and oxygen atoms in total. The van der Waals surface area contributed by atoms with E-state index in [-0.39, 0.29) is 5.91 Å². The molecule has 2 aromatic rings. The molecule has 2 N–H and O–H groups in total. The SMILES string of the molecule is CCCc1cc(C(=O)Nc2ccc(C)cc2)n[nH]1.